The molecule has 0 spiro atoms. The zero-order chi connectivity index (χ0) is 18.6. The van der Waals surface area contributed by atoms with E-state index in [-0.39, 0.29) is 11.3 Å². The highest BCUT2D eigenvalue weighted by Crippen LogP contribution is 2.60. The van der Waals surface area contributed by atoms with Gasteiger partial charge >= 0.3 is 0 Å². The van der Waals surface area contributed by atoms with Crippen molar-refractivity contribution in [3.63, 3.8) is 0 Å². The highest BCUT2D eigenvalue weighted by molar-refractivity contribution is 6.35. The van der Waals surface area contributed by atoms with Crippen LogP contribution in [-0.2, 0) is 11.3 Å². The van der Waals surface area contributed by atoms with Crippen molar-refractivity contribution in [3.05, 3.63) is 46.1 Å². The van der Waals surface area contributed by atoms with E-state index in [2.05, 4.69) is 10.4 Å². The molecule has 1 N–H and O–H groups in total. The van der Waals surface area contributed by atoms with Crippen molar-refractivity contribution >= 4 is 34.9 Å². The molecular formula is C21H23Cl2N3O. The SMILES string of the molecule is O=C(Nc1ccnn1Cc1ccc(Cl)cc1Cl)C12CC3CC(CC(C3)C1)C2. The fourth-order valence-corrected chi connectivity index (χ4v) is 6.48. The van der Waals surface area contributed by atoms with E-state index < -0.39 is 0 Å². The summed E-state index contributed by atoms with van der Waals surface area (Å²) in [6.45, 7) is 0.499. The molecular weight excluding hydrogens is 381 g/mol. The van der Waals surface area contributed by atoms with Crippen LogP contribution in [0.15, 0.2) is 30.5 Å². The number of anilines is 1. The Morgan fingerprint density at radius 1 is 1.11 bits per heavy atom. The van der Waals surface area contributed by atoms with Crippen molar-refractivity contribution in [1.29, 1.82) is 0 Å². The molecule has 0 aliphatic heterocycles. The smallest absolute Gasteiger partial charge is 0.231 e. The highest BCUT2D eigenvalue weighted by atomic mass is 35.5. The van der Waals surface area contributed by atoms with Gasteiger partial charge in [-0.25, -0.2) is 4.68 Å². The van der Waals surface area contributed by atoms with E-state index in [0.29, 0.717) is 16.6 Å². The third-order valence-electron chi connectivity index (χ3n) is 6.81. The molecule has 6 rings (SSSR count). The van der Waals surface area contributed by atoms with E-state index in [4.69, 9.17) is 23.2 Å². The Morgan fingerprint density at radius 3 is 2.41 bits per heavy atom. The van der Waals surface area contributed by atoms with Crippen molar-refractivity contribution in [3.8, 4) is 0 Å². The lowest BCUT2D eigenvalue weighted by molar-refractivity contribution is -0.140. The first-order chi connectivity index (χ1) is 13.0. The number of carbonyl (C=O) groups excluding carboxylic acids is 1. The lowest BCUT2D eigenvalue weighted by Gasteiger charge is -2.55. The molecule has 6 heteroatoms. The van der Waals surface area contributed by atoms with Crippen LogP contribution in [0.5, 0.6) is 0 Å². The minimum atomic E-state index is -0.165. The van der Waals surface area contributed by atoms with Crippen LogP contribution in [0.4, 0.5) is 5.82 Å². The molecule has 1 heterocycles. The van der Waals surface area contributed by atoms with E-state index >= 15 is 0 Å². The minimum absolute atomic E-state index is 0.165. The van der Waals surface area contributed by atoms with Crippen molar-refractivity contribution in [2.24, 2.45) is 23.2 Å². The number of aromatic nitrogens is 2. The van der Waals surface area contributed by atoms with Crippen LogP contribution in [0.2, 0.25) is 10.0 Å². The largest absolute Gasteiger partial charge is 0.310 e. The number of carbonyl (C=O) groups is 1. The van der Waals surface area contributed by atoms with E-state index in [1.54, 1.807) is 16.9 Å². The summed E-state index contributed by atoms with van der Waals surface area (Å²) in [6.07, 6.45) is 8.89. The summed E-state index contributed by atoms with van der Waals surface area (Å²) in [5.41, 5.74) is 0.761. The van der Waals surface area contributed by atoms with Gasteiger partial charge in [0.25, 0.3) is 0 Å². The molecule has 4 bridgehead atoms. The van der Waals surface area contributed by atoms with Gasteiger partial charge in [0.1, 0.15) is 5.82 Å². The summed E-state index contributed by atoms with van der Waals surface area (Å²) < 4.78 is 1.80. The number of rotatable bonds is 4. The van der Waals surface area contributed by atoms with E-state index in [9.17, 15) is 4.79 Å². The second-order valence-electron chi connectivity index (χ2n) is 8.76. The highest BCUT2D eigenvalue weighted by Gasteiger charge is 2.54. The average molecular weight is 404 g/mol. The number of benzene rings is 1. The maximum Gasteiger partial charge on any atom is 0.231 e. The summed E-state index contributed by atoms with van der Waals surface area (Å²) in [4.78, 5) is 13.3. The molecule has 0 saturated heterocycles. The second kappa shape index (κ2) is 6.52. The molecule has 4 nitrogen and oxygen atoms in total. The Morgan fingerprint density at radius 2 is 1.78 bits per heavy atom. The van der Waals surface area contributed by atoms with Crippen LogP contribution in [0, 0.1) is 23.2 Å². The van der Waals surface area contributed by atoms with Gasteiger partial charge in [0, 0.05) is 16.1 Å². The third-order valence-corrected chi connectivity index (χ3v) is 7.40. The minimum Gasteiger partial charge on any atom is -0.310 e. The lowest BCUT2D eigenvalue weighted by atomic mass is 9.49. The first kappa shape index (κ1) is 17.6. The topological polar surface area (TPSA) is 46.9 Å². The molecule has 142 valence electrons. The second-order valence-corrected chi connectivity index (χ2v) is 9.61. The summed E-state index contributed by atoms with van der Waals surface area (Å²) in [5, 5.41) is 8.79. The molecule has 2 aromatic rings. The van der Waals surface area contributed by atoms with Crippen LogP contribution in [-0.4, -0.2) is 15.7 Å². The lowest BCUT2D eigenvalue weighted by Crippen LogP contribution is -2.51. The maximum atomic E-state index is 13.3. The fraction of sp³-hybridized carbons (Fsp3) is 0.524. The van der Waals surface area contributed by atoms with E-state index in [0.717, 1.165) is 48.4 Å². The van der Waals surface area contributed by atoms with Crippen molar-refractivity contribution in [2.75, 3.05) is 5.32 Å². The van der Waals surface area contributed by atoms with Crippen LogP contribution in [0.3, 0.4) is 0 Å². The zero-order valence-corrected chi connectivity index (χ0v) is 16.6. The van der Waals surface area contributed by atoms with Gasteiger partial charge in [0.2, 0.25) is 5.91 Å². The van der Waals surface area contributed by atoms with E-state index in [1.807, 2.05) is 18.2 Å². The standard InChI is InChI=1S/C21H23Cl2N3O/c22-17-2-1-16(18(23)8-17)12-26-19(3-4-24-26)25-20(27)21-9-13-5-14(10-21)7-15(6-13)11-21/h1-4,8,13-15H,5-7,9-12H2,(H,25,27). The number of halogens is 2. The van der Waals surface area contributed by atoms with Crippen molar-refractivity contribution in [1.82, 2.24) is 9.78 Å². The molecule has 1 aromatic carbocycles. The van der Waals surface area contributed by atoms with Gasteiger partial charge < -0.3 is 5.32 Å². The molecule has 0 atom stereocenters. The molecule has 0 unspecified atom stereocenters. The van der Waals surface area contributed by atoms with Gasteiger partial charge in [-0.15, -0.1) is 0 Å². The Kier molecular flexibility index (Phi) is 4.25. The third kappa shape index (κ3) is 3.17. The maximum absolute atomic E-state index is 13.3. The van der Waals surface area contributed by atoms with Crippen LogP contribution in [0.1, 0.15) is 44.1 Å². The number of nitrogens with zero attached hydrogens (tertiary/aromatic N) is 2. The van der Waals surface area contributed by atoms with Crippen LogP contribution < -0.4 is 5.32 Å². The molecule has 27 heavy (non-hydrogen) atoms. The number of hydrogen-bond acceptors (Lipinski definition) is 2. The van der Waals surface area contributed by atoms with Crippen molar-refractivity contribution < 1.29 is 4.79 Å². The summed E-state index contributed by atoms with van der Waals surface area (Å²) in [6, 6.07) is 7.31. The van der Waals surface area contributed by atoms with E-state index in [1.165, 1.54) is 19.3 Å². The Labute approximate surface area is 169 Å². The molecule has 0 radical (unpaired) electrons. The normalized spacial score (nSPS) is 31.3. The van der Waals surface area contributed by atoms with Gasteiger partial charge in [-0.1, -0.05) is 29.3 Å². The van der Waals surface area contributed by atoms with Gasteiger partial charge in [-0.2, -0.15) is 5.10 Å². The Balaban J connectivity index is 1.35. The van der Waals surface area contributed by atoms with Gasteiger partial charge in [-0.3, -0.25) is 4.79 Å². The number of hydrogen-bond donors (Lipinski definition) is 1. The Bertz CT molecular complexity index is 856. The predicted octanol–water partition coefficient (Wildman–Crippen LogP) is 5.39. The zero-order valence-electron chi connectivity index (χ0n) is 15.1. The molecule has 1 aromatic heterocycles. The molecule has 4 fully saturated rings. The Hall–Kier alpha value is -1.52. The molecule has 4 aliphatic carbocycles. The van der Waals surface area contributed by atoms with Crippen LogP contribution in [0.25, 0.3) is 0 Å². The van der Waals surface area contributed by atoms with Gasteiger partial charge in [0.05, 0.1) is 18.2 Å². The summed E-state index contributed by atoms with van der Waals surface area (Å²) in [5.74, 6) is 3.17. The summed E-state index contributed by atoms with van der Waals surface area (Å²) in [7, 11) is 0. The molecule has 4 aliphatic rings. The van der Waals surface area contributed by atoms with Gasteiger partial charge in [-0.05, 0) is 74.0 Å². The van der Waals surface area contributed by atoms with Gasteiger partial charge in [0.15, 0.2) is 0 Å². The molecule has 1 amide bonds. The predicted molar refractivity (Wildman–Crippen MR) is 107 cm³/mol. The molecule has 4 saturated carbocycles. The summed E-state index contributed by atoms with van der Waals surface area (Å²) >= 11 is 12.3. The number of nitrogens with one attached hydrogen (secondary N) is 1. The first-order valence-electron chi connectivity index (χ1n) is 9.78. The van der Waals surface area contributed by atoms with Crippen molar-refractivity contribution in [2.45, 2.75) is 45.1 Å². The first-order valence-corrected chi connectivity index (χ1v) is 10.5. The average Bonchev–Trinajstić information content (AvgIpc) is 3.03. The quantitative estimate of drug-likeness (QED) is 0.743. The van der Waals surface area contributed by atoms with Crippen LogP contribution >= 0.6 is 23.2 Å². The number of amides is 1. The fourth-order valence-electron chi connectivity index (χ4n) is 6.01. The monoisotopic (exact) mass is 403 g/mol.